The molecule has 0 aliphatic carbocycles. The molecule has 2 aromatic carbocycles. The molecule has 8 heteroatoms. The number of hydrogen-bond acceptors (Lipinski definition) is 6. The summed E-state index contributed by atoms with van der Waals surface area (Å²) in [5.41, 5.74) is 7.73. The van der Waals surface area contributed by atoms with Crippen LogP contribution in [0.4, 0.5) is 21.5 Å². The highest BCUT2D eigenvalue weighted by Gasteiger charge is 2.17. The Labute approximate surface area is 147 Å². The summed E-state index contributed by atoms with van der Waals surface area (Å²) in [5.74, 6) is -0.426. The summed E-state index contributed by atoms with van der Waals surface area (Å²) in [6.07, 6.45) is 0. The van der Waals surface area contributed by atoms with Gasteiger partial charge in [0.25, 0.3) is 0 Å². The summed E-state index contributed by atoms with van der Waals surface area (Å²) in [5, 5.41) is 11.6. The molecule has 0 bridgehead atoms. The average molecular weight is 361 g/mol. The fourth-order valence-electron chi connectivity index (χ4n) is 2.42. The van der Waals surface area contributed by atoms with Gasteiger partial charge < -0.3 is 15.8 Å². The van der Waals surface area contributed by atoms with Gasteiger partial charge in [-0.25, -0.2) is 4.39 Å². The van der Waals surface area contributed by atoms with E-state index in [1.165, 1.54) is 26.2 Å². The zero-order chi connectivity index (χ0) is 18.1. The van der Waals surface area contributed by atoms with Crippen molar-refractivity contribution in [3.05, 3.63) is 46.9 Å². The molecule has 0 saturated carbocycles. The number of nitrogens with two attached hydrogens (primary N) is 1. The van der Waals surface area contributed by atoms with Crippen LogP contribution in [0.1, 0.15) is 17.4 Å². The highest BCUT2D eigenvalue weighted by atomic mass is 35.5. The van der Waals surface area contributed by atoms with E-state index in [9.17, 15) is 9.18 Å². The topological polar surface area (TPSA) is 90.1 Å². The predicted molar refractivity (Wildman–Crippen MR) is 95.2 cm³/mol. The number of Topliss-reactive ketones (excluding diaryl/α,β-unsaturated/α-hetero) is 1. The van der Waals surface area contributed by atoms with E-state index < -0.39 is 5.82 Å². The number of ether oxygens (including phenoxy) is 1. The van der Waals surface area contributed by atoms with Gasteiger partial charge in [0.2, 0.25) is 0 Å². The van der Waals surface area contributed by atoms with Crippen LogP contribution >= 0.6 is 11.6 Å². The number of carbonyl (C=O) groups is 1. The molecule has 3 rings (SSSR count). The lowest BCUT2D eigenvalue weighted by Crippen LogP contribution is -2.07. The van der Waals surface area contributed by atoms with Crippen LogP contribution in [0, 0.1) is 5.82 Å². The molecule has 0 fully saturated rings. The number of halogens is 2. The van der Waals surface area contributed by atoms with Crippen LogP contribution in [-0.4, -0.2) is 23.1 Å². The lowest BCUT2D eigenvalue weighted by molar-refractivity contribution is 0.101. The smallest absolute Gasteiger partial charge is 0.182 e. The van der Waals surface area contributed by atoms with Crippen LogP contribution in [0.15, 0.2) is 30.3 Å². The van der Waals surface area contributed by atoms with Crippen molar-refractivity contribution in [3.63, 3.8) is 0 Å². The Morgan fingerprint density at radius 3 is 2.68 bits per heavy atom. The molecule has 0 aliphatic heterocycles. The number of nitrogens with zero attached hydrogens (tertiary/aromatic N) is 2. The first-order valence-corrected chi connectivity index (χ1v) is 7.65. The predicted octanol–water partition coefficient (Wildman–Crippen LogP) is 3.96. The van der Waals surface area contributed by atoms with E-state index in [0.29, 0.717) is 33.7 Å². The monoisotopic (exact) mass is 360 g/mol. The number of hydrogen-bond donors (Lipinski definition) is 2. The number of fused-ring (bicyclic) bond motifs is 1. The molecule has 0 atom stereocenters. The molecule has 0 aliphatic rings. The summed E-state index contributed by atoms with van der Waals surface area (Å²) in [4.78, 5) is 11.9. The van der Waals surface area contributed by atoms with Gasteiger partial charge in [0.15, 0.2) is 11.5 Å². The number of rotatable bonds is 4. The number of nitrogens with one attached hydrogen (secondary N) is 1. The van der Waals surface area contributed by atoms with Crippen LogP contribution in [0.25, 0.3) is 10.9 Å². The zero-order valence-electron chi connectivity index (χ0n) is 13.4. The van der Waals surface area contributed by atoms with Crippen molar-refractivity contribution in [3.8, 4) is 5.75 Å². The van der Waals surface area contributed by atoms with Gasteiger partial charge in [0.1, 0.15) is 11.6 Å². The molecule has 0 saturated heterocycles. The summed E-state index contributed by atoms with van der Waals surface area (Å²) in [7, 11) is 1.49. The minimum atomic E-state index is -0.580. The van der Waals surface area contributed by atoms with Crippen LogP contribution in [0.3, 0.4) is 0 Å². The number of anilines is 3. The fraction of sp³-hybridized carbons (Fsp3) is 0.118. The second-order valence-electron chi connectivity index (χ2n) is 5.34. The number of carbonyl (C=O) groups excluding carboxylic acids is 1. The molecule has 1 aromatic heterocycles. The highest BCUT2D eigenvalue weighted by molar-refractivity contribution is 6.30. The zero-order valence-corrected chi connectivity index (χ0v) is 14.2. The summed E-state index contributed by atoms with van der Waals surface area (Å²) >= 11 is 5.70. The van der Waals surface area contributed by atoms with E-state index in [1.54, 1.807) is 18.2 Å². The Balaban J connectivity index is 2.22. The molecule has 1 heterocycles. The van der Waals surface area contributed by atoms with Gasteiger partial charge in [0.05, 0.1) is 29.0 Å². The molecule has 6 nitrogen and oxygen atoms in total. The SMILES string of the molecule is COc1cc2nnc(C(C)=O)c(Nc3ccc(Cl)c(F)c3)c2cc1N. The standard InChI is InChI=1S/C17H14ClFN4O2/c1-8(24)16-17(21-9-3-4-11(18)12(19)5-9)10-6-13(20)15(25-2)7-14(10)22-23-16/h3-7H,20H2,1-2H3,(H,21,22). The number of nitrogen functional groups attached to an aromatic ring is 1. The van der Waals surface area contributed by atoms with Gasteiger partial charge in [-0.3, -0.25) is 4.79 Å². The van der Waals surface area contributed by atoms with Crippen LogP contribution < -0.4 is 15.8 Å². The van der Waals surface area contributed by atoms with E-state index >= 15 is 0 Å². The maximum absolute atomic E-state index is 13.7. The molecular formula is C17H14ClFN4O2. The quantitative estimate of drug-likeness (QED) is 0.540. The van der Waals surface area contributed by atoms with Gasteiger partial charge in [-0.05, 0) is 24.3 Å². The average Bonchev–Trinajstić information content (AvgIpc) is 2.57. The summed E-state index contributed by atoms with van der Waals surface area (Å²) in [6, 6.07) is 7.49. The molecule has 128 valence electrons. The molecule has 3 aromatic rings. The van der Waals surface area contributed by atoms with E-state index in [1.807, 2.05) is 0 Å². The number of ketones is 1. The van der Waals surface area contributed by atoms with Crippen molar-refractivity contribution >= 4 is 45.3 Å². The van der Waals surface area contributed by atoms with Crippen LogP contribution in [0.5, 0.6) is 5.75 Å². The number of benzene rings is 2. The van der Waals surface area contributed by atoms with E-state index in [4.69, 9.17) is 22.1 Å². The van der Waals surface area contributed by atoms with Crippen LogP contribution in [-0.2, 0) is 0 Å². The second kappa shape index (κ2) is 6.52. The van der Waals surface area contributed by atoms with Gasteiger partial charge in [-0.1, -0.05) is 11.6 Å². The Morgan fingerprint density at radius 1 is 1.28 bits per heavy atom. The molecule has 3 N–H and O–H groups in total. The molecule has 25 heavy (non-hydrogen) atoms. The van der Waals surface area contributed by atoms with Crippen molar-refractivity contribution in [1.82, 2.24) is 10.2 Å². The van der Waals surface area contributed by atoms with Gasteiger partial charge in [-0.15, -0.1) is 10.2 Å². The molecule has 0 radical (unpaired) electrons. The maximum Gasteiger partial charge on any atom is 0.182 e. The number of aromatic nitrogens is 2. The first-order chi connectivity index (χ1) is 11.9. The molecule has 0 unspecified atom stereocenters. The molecular weight excluding hydrogens is 347 g/mol. The van der Waals surface area contributed by atoms with Crippen molar-refractivity contribution in [2.45, 2.75) is 6.92 Å². The lowest BCUT2D eigenvalue weighted by Gasteiger charge is -2.14. The van der Waals surface area contributed by atoms with Crippen LogP contribution in [0.2, 0.25) is 5.02 Å². The third-order valence-corrected chi connectivity index (χ3v) is 3.94. The molecule has 0 amide bonds. The van der Waals surface area contributed by atoms with Crippen molar-refractivity contribution in [2.24, 2.45) is 0 Å². The van der Waals surface area contributed by atoms with Crippen molar-refractivity contribution in [1.29, 1.82) is 0 Å². The maximum atomic E-state index is 13.7. The van der Waals surface area contributed by atoms with Crippen molar-refractivity contribution in [2.75, 3.05) is 18.2 Å². The Hall–Kier alpha value is -2.93. The van der Waals surface area contributed by atoms with E-state index in [2.05, 4.69) is 15.5 Å². The Kier molecular flexibility index (Phi) is 4.41. The van der Waals surface area contributed by atoms with Crippen molar-refractivity contribution < 1.29 is 13.9 Å². The third kappa shape index (κ3) is 3.18. The van der Waals surface area contributed by atoms with Gasteiger partial charge in [-0.2, -0.15) is 0 Å². The normalized spacial score (nSPS) is 10.7. The Morgan fingerprint density at radius 2 is 2.04 bits per heavy atom. The third-order valence-electron chi connectivity index (χ3n) is 3.63. The second-order valence-corrected chi connectivity index (χ2v) is 5.75. The largest absolute Gasteiger partial charge is 0.495 e. The first-order valence-electron chi connectivity index (χ1n) is 7.27. The van der Waals surface area contributed by atoms with Gasteiger partial charge in [0, 0.05) is 24.1 Å². The van der Waals surface area contributed by atoms with E-state index in [-0.39, 0.29) is 16.5 Å². The fourth-order valence-corrected chi connectivity index (χ4v) is 2.54. The molecule has 0 spiro atoms. The lowest BCUT2D eigenvalue weighted by atomic mass is 10.1. The first kappa shape index (κ1) is 16.9. The van der Waals surface area contributed by atoms with Gasteiger partial charge >= 0.3 is 0 Å². The number of methoxy groups -OCH3 is 1. The minimum Gasteiger partial charge on any atom is -0.495 e. The van der Waals surface area contributed by atoms with E-state index in [0.717, 1.165) is 0 Å². The minimum absolute atomic E-state index is 0.00373. The summed E-state index contributed by atoms with van der Waals surface area (Å²) < 4.78 is 18.9. The highest BCUT2D eigenvalue weighted by Crippen LogP contribution is 2.34. The summed E-state index contributed by atoms with van der Waals surface area (Å²) in [6.45, 7) is 1.37. The Bertz CT molecular complexity index is 994.